The molecule has 2 aliphatic rings. The van der Waals surface area contributed by atoms with E-state index in [0.717, 1.165) is 29.9 Å². The third kappa shape index (κ3) is 2.70. The van der Waals surface area contributed by atoms with Crippen molar-refractivity contribution in [3.8, 4) is 0 Å². The fraction of sp³-hybridized carbons (Fsp3) is 0.429. The van der Waals surface area contributed by atoms with Crippen molar-refractivity contribution in [2.24, 2.45) is 5.41 Å². The molecule has 0 saturated carbocycles. The average molecular weight is 392 g/mol. The Morgan fingerprint density at radius 1 is 1.28 bits per heavy atom. The number of nitrogens with one attached hydrogen (secondary N) is 1. The van der Waals surface area contributed by atoms with Gasteiger partial charge >= 0.3 is 0 Å². The quantitative estimate of drug-likeness (QED) is 0.697. The second kappa shape index (κ2) is 6.52. The molecule has 3 aromatic rings. The first-order chi connectivity index (χ1) is 14.0. The number of imidazole rings is 1. The van der Waals surface area contributed by atoms with Crippen LogP contribution in [0.1, 0.15) is 30.5 Å². The molecule has 8 nitrogen and oxygen atoms in total. The molecular formula is C21H24N6O2. The maximum absolute atomic E-state index is 12.3. The molecule has 3 atom stereocenters. The van der Waals surface area contributed by atoms with Gasteiger partial charge in [0.25, 0.3) is 0 Å². The second-order valence-electron chi connectivity index (χ2n) is 8.25. The van der Waals surface area contributed by atoms with Gasteiger partial charge in [0, 0.05) is 26.6 Å². The van der Waals surface area contributed by atoms with Crippen LogP contribution in [0.3, 0.4) is 0 Å². The van der Waals surface area contributed by atoms with E-state index in [-0.39, 0.29) is 11.9 Å². The molecule has 1 aromatic carbocycles. The summed E-state index contributed by atoms with van der Waals surface area (Å²) >= 11 is 0. The van der Waals surface area contributed by atoms with Crippen LogP contribution in [0.15, 0.2) is 36.9 Å². The van der Waals surface area contributed by atoms with Crippen molar-refractivity contribution in [1.29, 1.82) is 0 Å². The predicted molar refractivity (Wildman–Crippen MR) is 109 cm³/mol. The molecule has 1 amide bonds. The van der Waals surface area contributed by atoms with E-state index < -0.39 is 11.5 Å². The van der Waals surface area contributed by atoms with Gasteiger partial charge in [-0.05, 0) is 24.5 Å². The molecule has 150 valence electrons. The molecule has 3 heterocycles. The van der Waals surface area contributed by atoms with Crippen LogP contribution in [-0.2, 0) is 11.2 Å². The molecule has 29 heavy (non-hydrogen) atoms. The minimum absolute atomic E-state index is 0.0431. The van der Waals surface area contributed by atoms with Gasteiger partial charge in [0.2, 0.25) is 5.91 Å². The first kappa shape index (κ1) is 18.1. The van der Waals surface area contributed by atoms with Crippen LogP contribution < -0.4 is 10.2 Å². The lowest BCUT2D eigenvalue weighted by molar-refractivity contribution is -0.128. The first-order valence-corrected chi connectivity index (χ1v) is 9.92. The van der Waals surface area contributed by atoms with Crippen molar-refractivity contribution in [1.82, 2.24) is 24.8 Å². The number of anilines is 1. The Balaban J connectivity index is 1.54. The third-order valence-corrected chi connectivity index (χ3v) is 6.35. The molecule has 0 radical (unpaired) electrons. The molecule has 1 fully saturated rings. The maximum atomic E-state index is 12.3. The lowest BCUT2D eigenvalue weighted by atomic mass is 9.89. The van der Waals surface area contributed by atoms with Crippen molar-refractivity contribution in [3.63, 3.8) is 0 Å². The number of aromatic nitrogens is 4. The fourth-order valence-corrected chi connectivity index (χ4v) is 4.79. The Bertz CT molecular complexity index is 1100. The van der Waals surface area contributed by atoms with E-state index in [1.807, 2.05) is 23.6 Å². The van der Waals surface area contributed by atoms with Crippen LogP contribution in [0.4, 0.5) is 5.82 Å². The number of amides is 1. The summed E-state index contributed by atoms with van der Waals surface area (Å²) in [5, 5.41) is 13.5. The highest BCUT2D eigenvalue weighted by molar-refractivity contribution is 5.87. The Kier molecular flexibility index (Phi) is 4.06. The van der Waals surface area contributed by atoms with E-state index in [1.165, 1.54) is 0 Å². The number of aliphatic hydroxyl groups excluding tert-OH is 1. The van der Waals surface area contributed by atoms with Gasteiger partial charge in [-0.15, -0.1) is 0 Å². The highest BCUT2D eigenvalue weighted by Crippen LogP contribution is 2.38. The normalized spacial score (nSPS) is 26.1. The molecule has 1 aliphatic carbocycles. The van der Waals surface area contributed by atoms with Gasteiger partial charge in [-0.2, -0.15) is 0 Å². The maximum Gasteiger partial charge on any atom is 0.227 e. The summed E-state index contributed by atoms with van der Waals surface area (Å²) < 4.78 is 1.95. The van der Waals surface area contributed by atoms with Crippen LogP contribution in [-0.4, -0.2) is 56.8 Å². The lowest BCUT2D eigenvalue weighted by Crippen LogP contribution is -2.39. The highest BCUT2D eigenvalue weighted by atomic mass is 16.3. The topological polar surface area (TPSA) is 96.2 Å². The monoisotopic (exact) mass is 392 g/mol. The Hall–Kier alpha value is -3.00. The van der Waals surface area contributed by atoms with Crippen molar-refractivity contribution < 1.29 is 9.90 Å². The summed E-state index contributed by atoms with van der Waals surface area (Å²) in [6.07, 6.45) is 4.14. The largest absolute Gasteiger partial charge is 0.390 e. The van der Waals surface area contributed by atoms with Crippen LogP contribution in [0.5, 0.6) is 0 Å². The molecule has 1 unspecified atom stereocenters. The summed E-state index contributed by atoms with van der Waals surface area (Å²) in [6, 6.07) is 7.89. The Labute approximate surface area is 168 Å². The van der Waals surface area contributed by atoms with E-state index in [9.17, 15) is 9.90 Å². The van der Waals surface area contributed by atoms with Gasteiger partial charge in [0.1, 0.15) is 6.33 Å². The molecule has 5 rings (SSSR count). The van der Waals surface area contributed by atoms with E-state index in [2.05, 4.69) is 37.3 Å². The standard InChI is InChI=1S/C21H24N6O2/c1-21(20(29)22-2)7-8-26(10-21)18-16-19(24-11-23-18)27(12-25-16)17-14-6-4-3-5-13(14)9-15(17)28/h3-6,11-12,15,17,28H,7-10H2,1-2H3,(H,22,29)/t15-,17-,21?/m0/s1. The molecule has 1 aliphatic heterocycles. The van der Waals surface area contributed by atoms with Crippen LogP contribution in [0, 0.1) is 5.41 Å². The number of carbonyl (C=O) groups is 1. The number of aliphatic hydroxyl groups is 1. The average Bonchev–Trinajstić information content (AvgIpc) is 3.42. The van der Waals surface area contributed by atoms with Crippen molar-refractivity contribution in [2.75, 3.05) is 25.0 Å². The number of hydrogen-bond acceptors (Lipinski definition) is 6. The van der Waals surface area contributed by atoms with E-state index in [1.54, 1.807) is 19.7 Å². The zero-order valence-corrected chi connectivity index (χ0v) is 16.5. The summed E-state index contributed by atoms with van der Waals surface area (Å²) in [7, 11) is 1.67. The lowest BCUT2D eigenvalue weighted by Gasteiger charge is -2.23. The van der Waals surface area contributed by atoms with Crippen molar-refractivity contribution >= 4 is 22.9 Å². The van der Waals surface area contributed by atoms with Gasteiger partial charge in [-0.3, -0.25) is 4.79 Å². The van der Waals surface area contributed by atoms with Gasteiger partial charge in [0.05, 0.1) is 23.9 Å². The number of carbonyl (C=O) groups excluding carboxylic acids is 1. The van der Waals surface area contributed by atoms with Crippen molar-refractivity contribution in [3.05, 3.63) is 48.0 Å². The summed E-state index contributed by atoms with van der Waals surface area (Å²) in [5.41, 5.74) is 3.21. The van der Waals surface area contributed by atoms with Crippen LogP contribution >= 0.6 is 0 Å². The molecular weight excluding hydrogens is 368 g/mol. The van der Waals surface area contributed by atoms with Crippen LogP contribution in [0.25, 0.3) is 11.2 Å². The summed E-state index contributed by atoms with van der Waals surface area (Å²) in [4.78, 5) is 28.0. The SMILES string of the molecule is CNC(=O)C1(C)CCN(c2ncnc3c2ncn3[C@H]2c3ccccc3C[C@@H]2O)C1. The number of rotatable bonds is 3. The molecule has 2 aromatic heterocycles. The van der Waals surface area contributed by atoms with Crippen LogP contribution in [0.2, 0.25) is 0 Å². The number of hydrogen-bond donors (Lipinski definition) is 2. The minimum atomic E-state index is -0.522. The van der Waals surface area contributed by atoms with E-state index >= 15 is 0 Å². The predicted octanol–water partition coefficient (Wildman–Crippen LogP) is 1.30. The molecule has 0 bridgehead atoms. The zero-order valence-electron chi connectivity index (χ0n) is 16.5. The van der Waals surface area contributed by atoms with Gasteiger partial charge in [0.15, 0.2) is 17.0 Å². The summed E-state index contributed by atoms with van der Waals surface area (Å²) in [5.74, 6) is 0.781. The van der Waals surface area contributed by atoms with Gasteiger partial charge in [-0.25, -0.2) is 15.0 Å². The number of fused-ring (bicyclic) bond motifs is 2. The minimum Gasteiger partial charge on any atom is -0.390 e. The van der Waals surface area contributed by atoms with Gasteiger partial charge in [-0.1, -0.05) is 24.3 Å². The molecule has 0 spiro atoms. The Morgan fingerprint density at radius 2 is 2.10 bits per heavy atom. The smallest absolute Gasteiger partial charge is 0.227 e. The third-order valence-electron chi connectivity index (χ3n) is 6.35. The zero-order chi connectivity index (χ0) is 20.2. The molecule has 1 saturated heterocycles. The van der Waals surface area contributed by atoms with Gasteiger partial charge < -0.3 is 19.9 Å². The number of benzene rings is 1. The van der Waals surface area contributed by atoms with E-state index in [4.69, 9.17) is 0 Å². The molecule has 8 heteroatoms. The van der Waals surface area contributed by atoms with Crippen molar-refractivity contribution in [2.45, 2.75) is 31.9 Å². The second-order valence-corrected chi connectivity index (χ2v) is 8.25. The highest BCUT2D eigenvalue weighted by Gasteiger charge is 2.41. The Morgan fingerprint density at radius 3 is 2.93 bits per heavy atom. The summed E-state index contributed by atoms with van der Waals surface area (Å²) in [6.45, 7) is 3.30. The fourth-order valence-electron chi connectivity index (χ4n) is 4.79. The van der Waals surface area contributed by atoms with E-state index in [0.29, 0.717) is 24.1 Å². The number of nitrogens with zero attached hydrogens (tertiary/aromatic N) is 5. The first-order valence-electron chi connectivity index (χ1n) is 9.92. The molecule has 2 N–H and O–H groups in total.